The van der Waals surface area contributed by atoms with Crippen molar-refractivity contribution < 1.29 is 23.5 Å². The molecule has 0 aliphatic carbocycles. The summed E-state index contributed by atoms with van der Waals surface area (Å²) in [6.07, 6.45) is 1.52. The zero-order valence-corrected chi connectivity index (χ0v) is 17.1. The average Bonchev–Trinajstić information content (AvgIpc) is 3.30. The molecule has 0 atom stereocenters. The molecule has 0 aliphatic rings. The van der Waals surface area contributed by atoms with Crippen LogP contribution < -0.4 is 20.1 Å². The summed E-state index contributed by atoms with van der Waals surface area (Å²) in [6.45, 7) is 0. The van der Waals surface area contributed by atoms with Crippen LogP contribution in [0.25, 0.3) is 6.08 Å². The summed E-state index contributed by atoms with van der Waals surface area (Å²) < 4.78 is 23.6. The number of hydrogen-bond donors (Lipinski definition) is 2. The molecular weight excluding hydrogens is 407 g/mol. The average molecular weight is 426 g/mol. The lowest BCUT2D eigenvalue weighted by Gasteiger charge is -2.12. The number of nitrogens with one attached hydrogen (secondary N) is 2. The largest absolute Gasteiger partial charge is 0.493 e. The van der Waals surface area contributed by atoms with Gasteiger partial charge in [0.2, 0.25) is 0 Å². The van der Waals surface area contributed by atoms with Crippen molar-refractivity contribution in [2.75, 3.05) is 19.5 Å². The molecule has 2 N–H and O–H groups in total. The molecule has 154 valence electrons. The van der Waals surface area contributed by atoms with Gasteiger partial charge in [0.1, 0.15) is 11.5 Å². The Labute approximate surface area is 177 Å². The third-order valence-electron chi connectivity index (χ3n) is 4.06. The predicted molar refractivity (Wildman–Crippen MR) is 114 cm³/mol. The molecule has 0 unspecified atom stereocenters. The van der Waals surface area contributed by atoms with Crippen molar-refractivity contribution >= 4 is 34.9 Å². The number of hydrogen-bond acceptors (Lipinski definition) is 5. The molecule has 8 heteroatoms. The number of anilines is 1. The first-order valence-electron chi connectivity index (χ1n) is 8.85. The Bertz CT molecular complexity index is 1060. The monoisotopic (exact) mass is 426 g/mol. The van der Waals surface area contributed by atoms with Crippen LogP contribution in [-0.4, -0.2) is 26.0 Å². The van der Waals surface area contributed by atoms with E-state index >= 15 is 0 Å². The minimum atomic E-state index is -0.554. The van der Waals surface area contributed by atoms with Crippen LogP contribution in [-0.2, 0) is 4.79 Å². The third kappa shape index (κ3) is 5.24. The maximum atomic E-state index is 13.1. The maximum Gasteiger partial charge on any atom is 0.272 e. The van der Waals surface area contributed by atoms with E-state index in [-0.39, 0.29) is 5.70 Å². The lowest BCUT2D eigenvalue weighted by Crippen LogP contribution is -2.30. The highest BCUT2D eigenvalue weighted by Crippen LogP contribution is 2.28. The zero-order chi connectivity index (χ0) is 21.5. The molecule has 3 rings (SSSR count). The van der Waals surface area contributed by atoms with Crippen molar-refractivity contribution in [1.29, 1.82) is 0 Å². The van der Waals surface area contributed by atoms with E-state index < -0.39 is 17.6 Å². The van der Waals surface area contributed by atoms with Crippen LogP contribution in [0, 0.1) is 5.82 Å². The second-order valence-electron chi connectivity index (χ2n) is 6.06. The van der Waals surface area contributed by atoms with E-state index in [1.807, 2.05) is 0 Å². The quantitative estimate of drug-likeness (QED) is 0.552. The van der Waals surface area contributed by atoms with Crippen molar-refractivity contribution in [2.45, 2.75) is 0 Å². The van der Waals surface area contributed by atoms with Gasteiger partial charge in [-0.15, -0.1) is 11.3 Å². The SMILES string of the molecule is COc1ccc(/C=C(/NC(=O)c2cccs2)C(=O)Nc2ccc(F)cc2)cc1OC. The number of methoxy groups -OCH3 is 2. The number of thiophene rings is 1. The van der Waals surface area contributed by atoms with E-state index in [2.05, 4.69) is 10.6 Å². The molecule has 6 nitrogen and oxygen atoms in total. The summed E-state index contributed by atoms with van der Waals surface area (Å²) in [5.74, 6) is -0.365. The molecule has 1 heterocycles. The molecule has 3 aromatic rings. The van der Waals surface area contributed by atoms with Gasteiger partial charge in [-0.05, 0) is 59.5 Å². The molecule has 2 amide bonds. The van der Waals surface area contributed by atoms with Crippen molar-refractivity contribution in [3.8, 4) is 11.5 Å². The maximum absolute atomic E-state index is 13.1. The van der Waals surface area contributed by atoms with Crippen molar-refractivity contribution in [3.05, 3.63) is 81.9 Å². The van der Waals surface area contributed by atoms with Crippen LogP contribution >= 0.6 is 11.3 Å². The molecule has 0 saturated carbocycles. The minimum Gasteiger partial charge on any atom is -0.493 e. The normalized spacial score (nSPS) is 11.0. The van der Waals surface area contributed by atoms with Gasteiger partial charge in [0.15, 0.2) is 11.5 Å². The highest BCUT2D eigenvalue weighted by atomic mass is 32.1. The molecule has 0 radical (unpaired) electrons. The molecular formula is C22H19FN2O4S. The second kappa shape index (κ2) is 9.71. The third-order valence-corrected chi connectivity index (χ3v) is 4.93. The van der Waals surface area contributed by atoms with Crippen molar-refractivity contribution in [1.82, 2.24) is 5.32 Å². The van der Waals surface area contributed by atoms with E-state index in [1.54, 1.807) is 35.7 Å². The van der Waals surface area contributed by atoms with Gasteiger partial charge in [-0.3, -0.25) is 9.59 Å². The van der Waals surface area contributed by atoms with Crippen molar-refractivity contribution in [2.24, 2.45) is 0 Å². The van der Waals surface area contributed by atoms with E-state index in [1.165, 1.54) is 55.9 Å². The summed E-state index contributed by atoms with van der Waals surface area (Å²) in [7, 11) is 3.03. The molecule has 0 spiro atoms. The fourth-order valence-electron chi connectivity index (χ4n) is 2.59. The summed E-state index contributed by atoms with van der Waals surface area (Å²) in [4.78, 5) is 25.8. The Morgan fingerprint density at radius 1 is 1.00 bits per heavy atom. The molecule has 0 aliphatic heterocycles. The molecule has 0 fully saturated rings. The highest BCUT2D eigenvalue weighted by molar-refractivity contribution is 7.12. The first-order chi connectivity index (χ1) is 14.5. The standard InChI is InChI=1S/C22H19FN2O4S/c1-28-18-10-5-14(13-19(18)29-2)12-17(25-22(27)20-4-3-11-30-20)21(26)24-16-8-6-15(23)7-9-16/h3-13H,1-2H3,(H,24,26)(H,25,27)/b17-12+. The number of carbonyl (C=O) groups is 2. The van der Waals surface area contributed by atoms with Gasteiger partial charge in [0.25, 0.3) is 11.8 Å². The molecule has 1 aromatic heterocycles. The summed E-state index contributed by atoms with van der Waals surface area (Å²) in [5.41, 5.74) is 1.03. The fraction of sp³-hybridized carbons (Fsp3) is 0.0909. The van der Waals surface area contributed by atoms with Gasteiger partial charge in [0, 0.05) is 5.69 Å². The van der Waals surface area contributed by atoms with Gasteiger partial charge in [-0.1, -0.05) is 12.1 Å². The molecule has 0 bridgehead atoms. The van der Waals surface area contributed by atoms with Crippen LogP contribution in [0.4, 0.5) is 10.1 Å². The predicted octanol–water partition coefficient (Wildman–Crippen LogP) is 4.31. The smallest absolute Gasteiger partial charge is 0.272 e. The highest BCUT2D eigenvalue weighted by Gasteiger charge is 2.16. The lowest BCUT2D eigenvalue weighted by molar-refractivity contribution is -0.113. The van der Waals surface area contributed by atoms with E-state index in [9.17, 15) is 14.0 Å². The van der Waals surface area contributed by atoms with E-state index in [4.69, 9.17) is 9.47 Å². The summed E-state index contributed by atoms with van der Waals surface area (Å²) in [5, 5.41) is 7.06. The fourth-order valence-corrected chi connectivity index (χ4v) is 3.21. The number of ether oxygens (including phenoxy) is 2. The molecule has 0 saturated heterocycles. The minimum absolute atomic E-state index is 0.0185. The topological polar surface area (TPSA) is 76.7 Å². The van der Waals surface area contributed by atoms with Crippen LogP contribution in [0.1, 0.15) is 15.2 Å². The Hall–Kier alpha value is -3.65. The van der Waals surface area contributed by atoms with Gasteiger partial charge >= 0.3 is 0 Å². The Morgan fingerprint density at radius 2 is 1.73 bits per heavy atom. The second-order valence-corrected chi connectivity index (χ2v) is 7.01. The lowest BCUT2D eigenvalue weighted by atomic mass is 10.1. The van der Waals surface area contributed by atoms with Gasteiger partial charge in [-0.25, -0.2) is 4.39 Å². The summed E-state index contributed by atoms with van der Waals surface area (Å²) >= 11 is 1.26. The van der Waals surface area contributed by atoms with Crippen LogP contribution in [0.5, 0.6) is 11.5 Å². The number of amides is 2. The molecule has 2 aromatic carbocycles. The van der Waals surface area contributed by atoms with Crippen LogP contribution in [0.3, 0.4) is 0 Å². The van der Waals surface area contributed by atoms with E-state index in [0.29, 0.717) is 27.6 Å². The Kier molecular flexibility index (Phi) is 6.82. The van der Waals surface area contributed by atoms with Crippen LogP contribution in [0.15, 0.2) is 65.7 Å². The van der Waals surface area contributed by atoms with Gasteiger partial charge in [-0.2, -0.15) is 0 Å². The Morgan fingerprint density at radius 3 is 2.37 bits per heavy atom. The Balaban J connectivity index is 1.91. The first kappa shape index (κ1) is 21.1. The van der Waals surface area contributed by atoms with Crippen molar-refractivity contribution in [3.63, 3.8) is 0 Å². The number of benzene rings is 2. The number of rotatable bonds is 7. The molecule has 30 heavy (non-hydrogen) atoms. The number of halogens is 1. The van der Waals surface area contributed by atoms with Gasteiger partial charge in [0.05, 0.1) is 19.1 Å². The van der Waals surface area contributed by atoms with Gasteiger partial charge < -0.3 is 20.1 Å². The van der Waals surface area contributed by atoms with E-state index in [0.717, 1.165) is 0 Å². The number of carbonyl (C=O) groups excluding carboxylic acids is 2. The zero-order valence-electron chi connectivity index (χ0n) is 16.3. The first-order valence-corrected chi connectivity index (χ1v) is 9.73. The summed E-state index contributed by atoms with van der Waals surface area (Å²) in [6, 6.07) is 13.8. The van der Waals surface area contributed by atoms with Crippen LogP contribution in [0.2, 0.25) is 0 Å².